The number of piperazine rings is 1. The first-order valence-electron chi connectivity index (χ1n) is 9.56. The van der Waals surface area contributed by atoms with Gasteiger partial charge in [0.1, 0.15) is 24.0 Å². The van der Waals surface area contributed by atoms with Crippen LogP contribution in [-0.2, 0) is 14.4 Å². The summed E-state index contributed by atoms with van der Waals surface area (Å²) in [6, 6.07) is 1.64. The average Bonchev–Trinajstić information content (AvgIpc) is 2.64. The maximum atomic E-state index is 12.9. The molecule has 2 amide bonds. The van der Waals surface area contributed by atoms with Crippen molar-refractivity contribution < 1.29 is 29.7 Å². The third-order valence-corrected chi connectivity index (χ3v) is 4.88. The fraction of sp³-hybridized carbons (Fsp3) is 0.550. The second-order valence-corrected chi connectivity index (χ2v) is 7.22. The van der Waals surface area contributed by atoms with Crippen molar-refractivity contribution in [2.75, 3.05) is 6.54 Å². The molecule has 1 aliphatic rings. The number of aliphatic hydroxyl groups is 1. The Morgan fingerprint density at radius 3 is 2.50 bits per heavy atom. The number of ketones is 1. The summed E-state index contributed by atoms with van der Waals surface area (Å²) in [5, 5.41) is 32.5. The molecule has 0 spiro atoms. The minimum absolute atomic E-state index is 0.151. The van der Waals surface area contributed by atoms with Crippen molar-refractivity contribution in [3.8, 4) is 11.5 Å². The minimum Gasteiger partial charge on any atom is -0.504 e. The first kappa shape index (κ1) is 21.7. The Morgan fingerprint density at radius 1 is 1.18 bits per heavy atom. The predicted octanol–water partition coefficient (Wildman–Crippen LogP) is 1.39. The number of nitrogens with zero attached hydrogens (tertiary/aromatic N) is 1. The molecule has 3 atom stereocenters. The number of phenolic OH excluding ortho intramolecular Hbond substituents is 2. The maximum absolute atomic E-state index is 12.9. The van der Waals surface area contributed by atoms with Crippen LogP contribution in [0.1, 0.15) is 57.6 Å². The molecule has 8 heteroatoms. The maximum Gasteiger partial charge on any atom is 0.246 e. The molecule has 1 aliphatic heterocycles. The van der Waals surface area contributed by atoms with Crippen molar-refractivity contribution in [2.45, 2.75) is 64.1 Å². The highest BCUT2D eigenvalue weighted by Crippen LogP contribution is 2.31. The summed E-state index contributed by atoms with van der Waals surface area (Å²) >= 11 is 0. The fourth-order valence-corrected chi connectivity index (χ4v) is 3.41. The van der Waals surface area contributed by atoms with E-state index in [2.05, 4.69) is 12.2 Å². The molecule has 0 bridgehead atoms. The van der Waals surface area contributed by atoms with Crippen molar-refractivity contribution >= 4 is 17.6 Å². The molecule has 0 radical (unpaired) electrons. The van der Waals surface area contributed by atoms with E-state index in [1.54, 1.807) is 0 Å². The highest BCUT2D eigenvalue weighted by atomic mass is 16.3. The zero-order valence-corrected chi connectivity index (χ0v) is 16.2. The molecule has 1 aromatic carbocycles. The molecule has 154 valence electrons. The van der Waals surface area contributed by atoms with Crippen molar-refractivity contribution in [1.82, 2.24) is 10.2 Å². The summed E-state index contributed by atoms with van der Waals surface area (Å²) in [5.41, 5.74) is 0.151. The van der Waals surface area contributed by atoms with Gasteiger partial charge >= 0.3 is 0 Å². The van der Waals surface area contributed by atoms with Crippen molar-refractivity contribution in [1.29, 1.82) is 0 Å². The number of aliphatic hydroxyl groups excluding tert-OH is 1. The molecule has 0 aliphatic carbocycles. The van der Waals surface area contributed by atoms with Gasteiger partial charge in [-0.25, -0.2) is 0 Å². The predicted molar refractivity (Wildman–Crippen MR) is 102 cm³/mol. The summed E-state index contributed by atoms with van der Waals surface area (Å²) in [6.45, 7) is 3.10. The Labute approximate surface area is 164 Å². The Balaban J connectivity index is 2.24. The lowest BCUT2D eigenvalue weighted by Gasteiger charge is -2.40. The van der Waals surface area contributed by atoms with Crippen molar-refractivity contribution in [2.24, 2.45) is 0 Å². The van der Waals surface area contributed by atoms with Gasteiger partial charge in [-0.05, 0) is 31.0 Å². The molecule has 0 saturated carbocycles. The molecule has 1 heterocycles. The van der Waals surface area contributed by atoms with Gasteiger partial charge in [-0.2, -0.15) is 0 Å². The average molecular weight is 392 g/mol. The lowest BCUT2D eigenvalue weighted by atomic mass is 9.94. The second kappa shape index (κ2) is 9.54. The number of unbranched alkanes of at least 4 members (excludes halogenated alkanes) is 3. The number of carbonyl (C=O) groups is 3. The minimum atomic E-state index is -1.46. The molecular formula is C20H28N2O6. The standard InChI is InChI=1S/C20H28N2O6/c1-3-4-5-6-7-14-20(28)22(11-12(2)23)17(19(27)21-14)18(26)13-8-9-15(24)16(25)10-13/h8-10,14,17-18,24-26H,3-7,11H2,1-2H3,(H,21,27). The number of benzene rings is 1. The van der Waals surface area contributed by atoms with Gasteiger partial charge < -0.3 is 25.5 Å². The van der Waals surface area contributed by atoms with Crippen LogP contribution in [0.2, 0.25) is 0 Å². The number of Topliss-reactive ketones (excluding diaryl/α,β-unsaturated/α-hetero) is 1. The zero-order chi connectivity index (χ0) is 20.8. The Hall–Kier alpha value is -2.61. The molecule has 3 unspecified atom stereocenters. The van der Waals surface area contributed by atoms with Crippen LogP contribution in [-0.4, -0.2) is 56.4 Å². The third-order valence-electron chi connectivity index (χ3n) is 4.88. The van der Waals surface area contributed by atoms with Gasteiger partial charge in [0.15, 0.2) is 11.5 Å². The molecule has 2 rings (SSSR count). The van der Waals surface area contributed by atoms with Crippen molar-refractivity contribution in [3.05, 3.63) is 23.8 Å². The molecule has 28 heavy (non-hydrogen) atoms. The molecule has 1 saturated heterocycles. The van der Waals surface area contributed by atoms with Gasteiger partial charge in [0, 0.05) is 0 Å². The highest BCUT2D eigenvalue weighted by molar-refractivity contribution is 5.99. The van der Waals surface area contributed by atoms with E-state index in [-0.39, 0.29) is 23.6 Å². The zero-order valence-electron chi connectivity index (χ0n) is 16.2. The van der Waals surface area contributed by atoms with Crippen LogP contribution in [0, 0.1) is 0 Å². The van der Waals surface area contributed by atoms with Crippen LogP contribution < -0.4 is 5.32 Å². The van der Waals surface area contributed by atoms with Gasteiger partial charge in [0.05, 0.1) is 6.54 Å². The van der Waals surface area contributed by atoms with E-state index in [0.717, 1.165) is 36.6 Å². The summed E-state index contributed by atoms with van der Waals surface area (Å²) in [4.78, 5) is 38.4. The van der Waals surface area contributed by atoms with Crippen LogP contribution in [0.3, 0.4) is 0 Å². The van der Waals surface area contributed by atoms with Crippen LogP contribution in [0.4, 0.5) is 0 Å². The monoisotopic (exact) mass is 392 g/mol. The largest absolute Gasteiger partial charge is 0.504 e. The topological polar surface area (TPSA) is 127 Å². The Kier molecular flexibility index (Phi) is 7.39. The first-order chi connectivity index (χ1) is 13.3. The smallest absolute Gasteiger partial charge is 0.246 e. The fourth-order valence-electron chi connectivity index (χ4n) is 3.41. The number of amides is 2. The van der Waals surface area contributed by atoms with E-state index in [1.165, 1.54) is 19.1 Å². The lowest BCUT2D eigenvalue weighted by molar-refractivity contribution is -0.155. The summed E-state index contributed by atoms with van der Waals surface area (Å²) < 4.78 is 0. The van der Waals surface area contributed by atoms with Crippen LogP contribution >= 0.6 is 0 Å². The third kappa shape index (κ3) is 5.01. The molecule has 0 aromatic heterocycles. The van der Waals surface area contributed by atoms with E-state index < -0.39 is 35.8 Å². The number of hydrogen-bond acceptors (Lipinski definition) is 6. The van der Waals surface area contributed by atoms with Gasteiger partial charge in [0.2, 0.25) is 11.8 Å². The normalized spacial score (nSPS) is 20.8. The number of hydrogen-bond donors (Lipinski definition) is 4. The van der Waals surface area contributed by atoms with E-state index >= 15 is 0 Å². The SMILES string of the molecule is CCCCCCC1NC(=O)C(C(O)c2ccc(O)c(O)c2)N(CC(C)=O)C1=O. The number of aromatic hydroxyl groups is 2. The van der Waals surface area contributed by atoms with Crippen molar-refractivity contribution in [3.63, 3.8) is 0 Å². The number of carbonyl (C=O) groups excluding carboxylic acids is 3. The van der Waals surface area contributed by atoms with E-state index in [1.807, 2.05) is 0 Å². The number of phenols is 2. The van der Waals surface area contributed by atoms with Gasteiger partial charge in [-0.1, -0.05) is 38.7 Å². The summed E-state index contributed by atoms with van der Waals surface area (Å²) in [5.74, 6) is -2.09. The van der Waals surface area contributed by atoms with E-state index in [4.69, 9.17) is 0 Å². The van der Waals surface area contributed by atoms with Crippen LogP contribution in [0.5, 0.6) is 11.5 Å². The second-order valence-electron chi connectivity index (χ2n) is 7.22. The molecule has 1 aromatic rings. The summed E-state index contributed by atoms with van der Waals surface area (Å²) in [7, 11) is 0. The Morgan fingerprint density at radius 2 is 1.89 bits per heavy atom. The van der Waals surface area contributed by atoms with E-state index in [0.29, 0.717) is 6.42 Å². The molecule has 8 nitrogen and oxygen atoms in total. The van der Waals surface area contributed by atoms with E-state index in [9.17, 15) is 29.7 Å². The van der Waals surface area contributed by atoms with Gasteiger partial charge in [-0.3, -0.25) is 14.4 Å². The molecule has 1 fully saturated rings. The van der Waals surface area contributed by atoms with Gasteiger partial charge in [-0.15, -0.1) is 0 Å². The number of rotatable bonds is 9. The molecular weight excluding hydrogens is 364 g/mol. The van der Waals surface area contributed by atoms with Gasteiger partial charge in [0.25, 0.3) is 0 Å². The first-order valence-corrected chi connectivity index (χ1v) is 9.56. The Bertz CT molecular complexity index is 735. The van der Waals surface area contributed by atoms with Crippen LogP contribution in [0.15, 0.2) is 18.2 Å². The quantitative estimate of drug-likeness (QED) is 0.371. The lowest BCUT2D eigenvalue weighted by Crippen LogP contribution is -2.65. The van der Waals surface area contributed by atoms with Crippen LogP contribution in [0.25, 0.3) is 0 Å². The highest BCUT2D eigenvalue weighted by Gasteiger charge is 2.44. The molecule has 4 N–H and O–H groups in total. The summed E-state index contributed by atoms with van der Waals surface area (Å²) in [6.07, 6.45) is 2.82. The number of nitrogens with one attached hydrogen (secondary N) is 1.